The van der Waals surface area contributed by atoms with Gasteiger partial charge in [0.2, 0.25) is 6.54 Å². The predicted molar refractivity (Wildman–Crippen MR) is 48.8 cm³/mol. The SMILES string of the molecule is [C-]#[N+]CC1(c2ccccc2F)CC1. The molecule has 1 fully saturated rings. The summed E-state index contributed by atoms with van der Waals surface area (Å²) in [5.41, 5.74) is 0.582. The second-order valence-corrected chi connectivity index (χ2v) is 3.58. The lowest BCUT2D eigenvalue weighted by Gasteiger charge is -2.08. The van der Waals surface area contributed by atoms with Crippen molar-refractivity contribution in [3.05, 3.63) is 47.1 Å². The number of hydrogen-bond acceptors (Lipinski definition) is 0. The number of rotatable bonds is 2. The highest BCUT2D eigenvalue weighted by Gasteiger charge is 2.49. The first-order valence-corrected chi connectivity index (χ1v) is 4.37. The second kappa shape index (κ2) is 2.85. The number of nitrogens with zero attached hydrogens (tertiary/aromatic N) is 1. The molecule has 0 unspecified atom stereocenters. The van der Waals surface area contributed by atoms with Crippen molar-refractivity contribution >= 4 is 0 Å². The fraction of sp³-hybridized carbons (Fsp3) is 0.364. The quantitative estimate of drug-likeness (QED) is 0.609. The van der Waals surface area contributed by atoms with Crippen molar-refractivity contribution < 1.29 is 4.39 Å². The molecule has 0 heterocycles. The second-order valence-electron chi connectivity index (χ2n) is 3.58. The third-order valence-electron chi connectivity index (χ3n) is 2.68. The molecule has 0 aromatic heterocycles. The van der Waals surface area contributed by atoms with E-state index in [1.165, 1.54) is 6.07 Å². The zero-order chi connectivity index (χ0) is 9.31. The molecule has 0 atom stereocenters. The number of halogens is 1. The van der Waals surface area contributed by atoms with Crippen LogP contribution < -0.4 is 0 Å². The summed E-state index contributed by atoms with van der Waals surface area (Å²) in [6.45, 7) is 7.25. The lowest BCUT2D eigenvalue weighted by atomic mass is 9.96. The fourth-order valence-corrected chi connectivity index (χ4v) is 1.71. The Morgan fingerprint density at radius 3 is 2.62 bits per heavy atom. The highest BCUT2D eigenvalue weighted by molar-refractivity contribution is 5.33. The van der Waals surface area contributed by atoms with E-state index in [9.17, 15) is 4.39 Å². The molecule has 0 N–H and O–H groups in total. The number of benzene rings is 1. The Balaban J connectivity index is 2.36. The Morgan fingerprint density at radius 1 is 1.38 bits per heavy atom. The van der Waals surface area contributed by atoms with Crippen molar-refractivity contribution in [2.75, 3.05) is 6.54 Å². The van der Waals surface area contributed by atoms with Crippen molar-refractivity contribution in [1.29, 1.82) is 0 Å². The Hall–Kier alpha value is -1.36. The summed E-state index contributed by atoms with van der Waals surface area (Å²) in [6.07, 6.45) is 1.91. The van der Waals surface area contributed by atoms with Gasteiger partial charge in [0.05, 0.1) is 5.41 Å². The van der Waals surface area contributed by atoms with Gasteiger partial charge in [-0.2, -0.15) is 0 Å². The van der Waals surface area contributed by atoms with Crippen molar-refractivity contribution in [3.8, 4) is 0 Å². The lowest BCUT2D eigenvalue weighted by Crippen LogP contribution is -2.11. The number of hydrogen-bond donors (Lipinski definition) is 0. The van der Waals surface area contributed by atoms with Crippen molar-refractivity contribution in [2.24, 2.45) is 0 Å². The molecule has 2 rings (SSSR count). The van der Waals surface area contributed by atoms with E-state index in [4.69, 9.17) is 6.57 Å². The minimum atomic E-state index is -0.163. The van der Waals surface area contributed by atoms with Crippen LogP contribution >= 0.6 is 0 Å². The van der Waals surface area contributed by atoms with Gasteiger partial charge in [0.1, 0.15) is 5.82 Å². The van der Waals surface area contributed by atoms with Crippen LogP contribution in [0.5, 0.6) is 0 Å². The molecule has 2 heteroatoms. The molecule has 0 aliphatic heterocycles. The van der Waals surface area contributed by atoms with E-state index < -0.39 is 0 Å². The van der Waals surface area contributed by atoms with Crippen molar-refractivity contribution in [1.82, 2.24) is 0 Å². The standard InChI is InChI=1S/C11H10FN/c1-13-8-11(6-7-11)9-4-2-3-5-10(9)12/h2-5H,6-8H2. The van der Waals surface area contributed by atoms with Gasteiger partial charge in [-0.3, -0.25) is 0 Å². The molecule has 1 nitrogen and oxygen atoms in total. The molecule has 0 amide bonds. The van der Waals surface area contributed by atoms with Crippen LogP contribution in [0.3, 0.4) is 0 Å². The van der Waals surface area contributed by atoms with E-state index in [0.29, 0.717) is 6.54 Å². The molecule has 0 bridgehead atoms. The molecule has 1 aromatic rings. The maximum Gasteiger partial charge on any atom is 0.224 e. The van der Waals surface area contributed by atoms with Gasteiger partial charge < -0.3 is 4.85 Å². The van der Waals surface area contributed by atoms with Gasteiger partial charge in [-0.1, -0.05) is 18.2 Å². The maximum absolute atomic E-state index is 13.3. The van der Waals surface area contributed by atoms with E-state index in [0.717, 1.165) is 18.4 Å². The average molecular weight is 175 g/mol. The van der Waals surface area contributed by atoms with Crippen LogP contribution in [0.25, 0.3) is 4.85 Å². The first-order valence-electron chi connectivity index (χ1n) is 4.37. The highest BCUT2D eigenvalue weighted by atomic mass is 19.1. The van der Waals surface area contributed by atoms with Crippen LogP contribution in [0.15, 0.2) is 24.3 Å². The van der Waals surface area contributed by atoms with Crippen LogP contribution in [0.2, 0.25) is 0 Å². The third-order valence-corrected chi connectivity index (χ3v) is 2.68. The predicted octanol–water partition coefficient (Wildman–Crippen LogP) is 2.78. The molecule has 0 radical (unpaired) electrons. The van der Waals surface area contributed by atoms with E-state index in [1.54, 1.807) is 12.1 Å². The van der Waals surface area contributed by atoms with Gasteiger partial charge in [0.25, 0.3) is 0 Å². The Morgan fingerprint density at radius 2 is 2.08 bits per heavy atom. The molecule has 0 spiro atoms. The van der Waals surface area contributed by atoms with Crippen molar-refractivity contribution in [3.63, 3.8) is 0 Å². The maximum atomic E-state index is 13.3. The highest BCUT2D eigenvalue weighted by Crippen LogP contribution is 2.49. The van der Waals surface area contributed by atoms with Gasteiger partial charge in [-0.05, 0) is 18.9 Å². The lowest BCUT2D eigenvalue weighted by molar-refractivity contribution is 0.582. The normalized spacial score (nSPS) is 17.8. The summed E-state index contributed by atoms with van der Waals surface area (Å²) in [5.74, 6) is -0.163. The molecule has 0 saturated heterocycles. The molecular formula is C11H10FN. The van der Waals surface area contributed by atoms with Crippen LogP contribution in [0.4, 0.5) is 4.39 Å². The molecule has 1 aliphatic carbocycles. The molecule has 1 saturated carbocycles. The van der Waals surface area contributed by atoms with E-state index in [1.807, 2.05) is 6.07 Å². The minimum absolute atomic E-state index is 0.146. The monoisotopic (exact) mass is 175 g/mol. The van der Waals surface area contributed by atoms with Gasteiger partial charge in [-0.25, -0.2) is 11.0 Å². The fourth-order valence-electron chi connectivity index (χ4n) is 1.71. The smallest absolute Gasteiger partial charge is 0.224 e. The van der Waals surface area contributed by atoms with Crippen molar-refractivity contribution in [2.45, 2.75) is 18.3 Å². The summed E-state index contributed by atoms with van der Waals surface area (Å²) < 4.78 is 13.3. The summed E-state index contributed by atoms with van der Waals surface area (Å²) in [5, 5.41) is 0. The summed E-state index contributed by atoms with van der Waals surface area (Å²) >= 11 is 0. The van der Waals surface area contributed by atoms with Gasteiger partial charge in [-0.15, -0.1) is 0 Å². The molecule has 1 aliphatic rings. The van der Waals surface area contributed by atoms with Gasteiger partial charge in [0.15, 0.2) is 0 Å². The van der Waals surface area contributed by atoms with Crippen LogP contribution in [0.1, 0.15) is 18.4 Å². The van der Waals surface area contributed by atoms with E-state index in [-0.39, 0.29) is 11.2 Å². The van der Waals surface area contributed by atoms with E-state index >= 15 is 0 Å². The average Bonchev–Trinajstić information content (AvgIpc) is 2.87. The first kappa shape index (κ1) is 8.25. The molecule has 13 heavy (non-hydrogen) atoms. The minimum Gasteiger partial charge on any atom is -0.316 e. The third kappa shape index (κ3) is 1.31. The Kier molecular flexibility index (Phi) is 1.81. The van der Waals surface area contributed by atoms with Gasteiger partial charge in [0, 0.05) is 5.56 Å². The van der Waals surface area contributed by atoms with Gasteiger partial charge >= 0.3 is 0 Å². The molecule has 66 valence electrons. The van der Waals surface area contributed by atoms with E-state index in [2.05, 4.69) is 4.85 Å². The first-order chi connectivity index (χ1) is 6.28. The Bertz CT molecular complexity index is 361. The largest absolute Gasteiger partial charge is 0.316 e. The van der Waals surface area contributed by atoms with Crippen LogP contribution in [-0.2, 0) is 5.41 Å². The summed E-state index contributed by atoms with van der Waals surface area (Å²) in [4.78, 5) is 3.37. The zero-order valence-corrected chi connectivity index (χ0v) is 7.26. The van der Waals surface area contributed by atoms with Crippen LogP contribution in [-0.4, -0.2) is 6.54 Å². The summed E-state index contributed by atoms with van der Waals surface area (Å²) in [6, 6.07) is 6.79. The molecular weight excluding hydrogens is 165 g/mol. The topological polar surface area (TPSA) is 4.36 Å². The molecule has 1 aromatic carbocycles. The van der Waals surface area contributed by atoms with Crippen LogP contribution in [0, 0.1) is 12.4 Å². The zero-order valence-electron chi connectivity index (χ0n) is 7.26. The summed E-state index contributed by atoms with van der Waals surface area (Å²) in [7, 11) is 0. The Labute approximate surface area is 77.0 Å².